The monoisotopic (exact) mass is 510 g/mol. The SMILES string of the molecule is O=C(CN(c1cccc(Br)c1)S(=O)(=O)c1ccccc1)NCCSC1CCCCC1. The fraction of sp³-hybridized carbons (Fsp3) is 0.409. The molecule has 0 aliphatic heterocycles. The van der Waals surface area contributed by atoms with Gasteiger partial charge in [0, 0.05) is 22.0 Å². The van der Waals surface area contributed by atoms with Gasteiger partial charge in [0.25, 0.3) is 10.0 Å². The average Bonchev–Trinajstić information content (AvgIpc) is 2.76. The van der Waals surface area contributed by atoms with E-state index in [1.165, 1.54) is 32.1 Å². The van der Waals surface area contributed by atoms with Gasteiger partial charge in [0.2, 0.25) is 5.91 Å². The topological polar surface area (TPSA) is 66.5 Å². The third kappa shape index (κ3) is 6.49. The number of amides is 1. The first-order valence-electron chi connectivity index (χ1n) is 10.2. The molecule has 30 heavy (non-hydrogen) atoms. The average molecular weight is 512 g/mol. The van der Waals surface area contributed by atoms with E-state index in [1.54, 1.807) is 48.5 Å². The van der Waals surface area contributed by atoms with E-state index in [1.807, 2.05) is 17.8 Å². The molecule has 2 aromatic carbocycles. The molecule has 8 heteroatoms. The highest BCUT2D eigenvalue weighted by molar-refractivity contribution is 9.10. The van der Waals surface area contributed by atoms with Crippen LogP contribution >= 0.6 is 27.7 Å². The summed E-state index contributed by atoms with van der Waals surface area (Å²) < 4.78 is 28.4. The Morgan fingerprint density at radius 2 is 1.80 bits per heavy atom. The van der Waals surface area contributed by atoms with Crippen LogP contribution in [-0.2, 0) is 14.8 Å². The Hall–Kier alpha value is -1.51. The largest absolute Gasteiger partial charge is 0.354 e. The molecule has 0 radical (unpaired) electrons. The molecule has 1 N–H and O–H groups in total. The van der Waals surface area contributed by atoms with Crippen LogP contribution in [0.4, 0.5) is 5.69 Å². The van der Waals surface area contributed by atoms with Crippen molar-refractivity contribution in [2.75, 3.05) is 23.1 Å². The number of benzene rings is 2. The van der Waals surface area contributed by atoms with Gasteiger partial charge in [-0.1, -0.05) is 59.5 Å². The number of anilines is 1. The Labute approximate surface area is 191 Å². The zero-order valence-corrected chi connectivity index (χ0v) is 20.0. The molecule has 2 aromatic rings. The van der Waals surface area contributed by atoms with Crippen molar-refractivity contribution < 1.29 is 13.2 Å². The summed E-state index contributed by atoms with van der Waals surface area (Å²) in [4.78, 5) is 12.8. The van der Waals surface area contributed by atoms with Crippen molar-refractivity contribution in [3.63, 3.8) is 0 Å². The number of halogens is 1. The fourth-order valence-corrected chi connectivity index (χ4v) is 6.54. The second kappa shape index (κ2) is 11.2. The number of sulfonamides is 1. The zero-order valence-electron chi connectivity index (χ0n) is 16.8. The molecular formula is C22H27BrN2O3S2. The third-order valence-electron chi connectivity index (χ3n) is 5.04. The number of rotatable bonds is 9. The minimum atomic E-state index is -3.87. The highest BCUT2D eigenvalue weighted by atomic mass is 79.9. The number of carbonyl (C=O) groups is 1. The molecule has 0 spiro atoms. The van der Waals surface area contributed by atoms with E-state index in [2.05, 4.69) is 21.2 Å². The van der Waals surface area contributed by atoms with Gasteiger partial charge in [0.1, 0.15) is 6.54 Å². The maximum Gasteiger partial charge on any atom is 0.264 e. The van der Waals surface area contributed by atoms with Crippen molar-refractivity contribution in [2.24, 2.45) is 0 Å². The van der Waals surface area contributed by atoms with Crippen LogP contribution in [0.1, 0.15) is 32.1 Å². The summed E-state index contributed by atoms with van der Waals surface area (Å²) in [5.74, 6) is 0.539. The van der Waals surface area contributed by atoms with Crippen molar-refractivity contribution in [3.05, 3.63) is 59.1 Å². The first-order valence-corrected chi connectivity index (χ1v) is 13.5. The van der Waals surface area contributed by atoms with Gasteiger partial charge in [-0.2, -0.15) is 11.8 Å². The number of hydrogen-bond donors (Lipinski definition) is 1. The highest BCUT2D eigenvalue weighted by Gasteiger charge is 2.27. The minimum Gasteiger partial charge on any atom is -0.354 e. The zero-order chi connectivity index (χ0) is 21.4. The van der Waals surface area contributed by atoms with Crippen LogP contribution in [0.15, 0.2) is 64.0 Å². The van der Waals surface area contributed by atoms with Gasteiger partial charge in [0.05, 0.1) is 10.6 Å². The lowest BCUT2D eigenvalue weighted by atomic mass is 10.0. The van der Waals surface area contributed by atoms with Crippen LogP contribution < -0.4 is 9.62 Å². The number of nitrogens with zero attached hydrogens (tertiary/aromatic N) is 1. The molecule has 3 rings (SSSR count). The smallest absolute Gasteiger partial charge is 0.264 e. The van der Waals surface area contributed by atoms with E-state index < -0.39 is 10.0 Å². The summed E-state index contributed by atoms with van der Waals surface area (Å²) >= 11 is 5.29. The Balaban J connectivity index is 1.66. The summed E-state index contributed by atoms with van der Waals surface area (Å²) in [7, 11) is -3.87. The quantitative estimate of drug-likeness (QED) is 0.490. The summed E-state index contributed by atoms with van der Waals surface area (Å²) in [5, 5.41) is 3.57. The highest BCUT2D eigenvalue weighted by Crippen LogP contribution is 2.28. The van der Waals surface area contributed by atoms with Gasteiger partial charge >= 0.3 is 0 Å². The lowest BCUT2D eigenvalue weighted by molar-refractivity contribution is -0.119. The van der Waals surface area contributed by atoms with Crippen LogP contribution in [0.2, 0.25) is 0 Å². The maximum absolute atomic E-state index is 13.2. The fourth-order valence-electron chi connectivity index (χ4n) is 3.50. The lowest BCUT2D eigenvalue weighted by Crippen LogP contribution is -2.41. The summed E-state index contributed by atoms with van der Waals surface area (Å²) in [6.45, 7) is 0.277. The number of hydrogen-bond acceptors (Lipinski definition) is 4. The van der Waals surface area contributed by atoms with E-state index in [9.17, 15) is 13.2 Å². The molecule has 0 unspecified atom stereocenters. The lowest BCUT2D eigenvalue weighted by Gasteiger charge is -2.24. The van der Waals surface area contributed by atoms with E-state index in [4.69, 9.17) is 0 Å². The van der Waals surface area contributed by atoms with Crippen LogP contribution in [0.25, 0.3) is 0 Å². The molecule has 1 amide bonds. The van der Waals surface area contributed by atoms with E-state index in [-0.39, 0.29) is 17.3 Å². The van der Waals surface area contributed by atoms with Gasteiger partial charge < -0.3 is 5.32 Å². The molecule has 1 aliphatic carbocycles. The predicted octanol–water partition coefficient (Wildman–Crippen LogP) is 4.83. The van der Waals surface area contributed by atoms with Crippen LogP contribution in [-0.4, -0.2) is 38.4 Å². The van der Waals surface area contributed by atoms with Crippen molar-refractivity contribution in [3.8, 4) is 0 Å². The Morgan fingerprint density at radius 1 is 1.07 bits per heavy atom. The predicted molar refractivity (Wildman–Crippen MR) is 127 cm³/mol. The van der Waals surface area contributed by atoms with Crippen LogP contribution in [0.3, 0.4) is 0 Å². The number of nitrogens with one attached hydrogen (secondary N) is 1. The summed E-state index contributed by atoms with van der Waals surface area (Å²) in [6, 6.07) is 15.2. The van der Waals surface area contributed by atoms with E-state index in [0.717, 1.165) is 14.5 Å². The van der Waals surface area contributed by atoms with Crippen molar-refractivity contribution in [2.45, 2.75) is 42.2 Å². The van der Waals surface area contributed by atoms with Crippen molar-refractivity contribution in [1.29, 1.82) is 0 Å². The number of carbonyl (C=O) groups excluding carboxylic acids is 1. The van der Waals surface area contributed by atoms with Crippen molar-refractivity contribution >= 4 is 49.3 Å². The second-order valence-corrected chi connectivity index (χ2v) is 11.5. The molecule has 0 heterocycles. The molecule has 0 aromatic heterocycles. The molecule has 5 nitrogen and oxygen atoms in total. The second-order valence-electron chi connectivity index (χ2n) is 7.29. The molecule has 1 saturated carbocycles. The standard InChI is InChI=1S/C22H27BrN2O3S2/c23-18-8-7-9-19(16-18)25(30(27,28)21-12-5-2-6-13-21)17-22(26)24-14-15-29-20-10-3-1-4-11-20/h2,5-9,12-13,16,20H,1,3-4,10-11,14-15,17H2,(H,24,26). The summed E-state index contributed by atoms with van der Waals surface area (Å²) in [5.41, 5.74) is 0.444. The van der Waals surface area contributed by atoms with Gasteiger partial charge in [-0.05, 0) is 43.2 Å². The van der Waals surface area contributed by atoms with Crippen LogP contribution in [0, 0.1) is 0 Å². The van der Waals surface area contributed by atoms with Crippen molar-refractivity contribution in [1.82, 2.24) is 5.32 Å². The first kappa shape index (κ1) is 23.2. The van der Waals surface area contributed by atoms with Gasteiger partial charge in [-0.25, -0.2) is 8.42 Å². The Morgan fingerprint density at radius 3 is 2.50 bits per heavy atom. The van der Waals surface area contributed by atoms with Gasteiger partial charge in [-0.3, -0.25) is 9.10 Å². The third-order valence-corrected chi connectivity index (χ3v) is 8.71. The van der Waals surface area contributed by atoms with E-state index >= 15 is 0 Å². The Bertz CT molecular complexity index is 932. The molecule has 162 valence electrons. The normalized spacial score (nSPS) is 15.0. The molecule has 0 saturated heterocycles. The Kier molecular flexibility index (Phi) is 8.65. The first-order chi connectivity index (χ1) is 14.5. The van der Waals surface area contributed by atoms with Crippen LogP contribution in [0.5, 0.6) is 0 Å². The summed E-state index contributed by atoms with van der Waals surface area (Å²) in [6.07, 6.45) is 6.43. The minimum absolute atomic E-state index is 0.158. The van der Waals surface area contributed by atoms with Gasteiger partial charge in [0.15, 0.2) is 0 Å². The molecular weight excluding hydrogens is 484 g/mol. The van der Waals surface area contributed by atoms with Gasteiger partial charge in [-0.15, -0.1) is 0 Å². The molecule has 0 bridgehead atoms. The van der Waals surface area contributed by atoms with E-state index in [0.29, 0.717) is 17.5 Å². The molecule has 1 aliphatic rings. The molecule has 0 atom stereocenters. The maximum atomic E-state index is 13.2. The molecule has 1 fully saturated rings. The number of thioether (sulfide) groups is 1.